The first-order valence-corrected chi connectivity index (χ1v) is 8.00. The first-order valence-electron chi connectivity index (χ1n) is 8.00. The van der Waals surface area contributed by atoms with Crippen molar-refractivity contribution in [1.82, 2.24) is 10.2 Å². The van der Waals surface area contributed by atoms with E-state index in [4.69, 9.17) is 0 Å². The minimum Gasteiger partial charge on any atom is -0.321 e. The Morgan fingerprint density at radius 1 is 1.33 bits per heavy atom. The quantitative estimate of drug-likeness (QED) is 0.815. The molecule has 0 radical (unpaired) electrons. The van der Waals surface area contributed by atoms with Crippen LogP contribution in [0.4, 0.5) is 4.39 Å². The maximum absolute atomic E-state index is 13.5. The molecule has 4 heteroatoms. The molecule has 2 fully saturated rings. The van der Waals surface area contributed by atoms with Gasteiger partial charge in [0.05, 0.1) is 0 Å². The summed E-state index contributed by atoms with van der Waals surface area (Å²) in [4.78, 5) is 14.5. The molecule has 1 aliphatic carbocycles. The maximum atomic E-state index is 13.5. The molecule has 21 heavy (non-hydrogen) atoms. The van der Waals surface area contributed by atoms with Gasteiger partial charge in [0.1, 0.15) is 17.5 Å². The van der Waals surface area contributed by atoms with E-state index in [1.54, 1.807) is 6.07 Å². The van der Waals surface area contributed by atoms with Gasteiger partial charge in [0.15, 0.2) is 0 Å². The number of halogens is 1. The molecule has 3 nitrogen and oxygen atoms in total. The number of nitrogens with zero attached hydrogens (tertiary/aromatic N) is 1. The van der Waals surface area contributed by atoms with Crippen molar-refractivity contribution in [3.05, 3.63) is 35.6 Å². The number of hydrogen-bond donors (Lipinski definition) is 1. The van der Waals surface area contributed by atoms with Crippen LogP contribution in [-0.2, 0) is 4.79 Å². The zero-order valence-electron chi connectivity index (χ0n) is 12.6. The molecule has 0 aromatic heterocycles. The second-order valence-electron chi connectivity index (χ2n) is 6.24. The van der Waals surface area contributed by atoms with E-state index in [2.05, 4.69) is 12.2 Å². The SMILES string of the molecule is CCCCCCN1C(=O)C2(CC2)NC1c1cccc(F)c1. The Morgan fingerprint density at radius 2 is 2.14 bits per heavy atom. The largest absolute Gasteiger partial charge is 0.321 e. The van der Waals surface area contributed by atoms with E-state index in [9.17, 15) is 9.18 Å². The Labute approximate surface area is 125 Å². The van der Waals surface area contributed by atoms with Crippen LogP contribution >= 0.6 is 0 Å². The first-order chi connectivity index (χ1) is 10.2. The van der Waals surface area contributed by atoms with Crippen molar-refractivity contribution < 1.29 is 9.18 Å². The van der Waals surface area contributed by atoms with E-state index in [0.717, 1.165) is 37.8 Å². The summed E-state index contributed by atoms with van der Waals surface area (Å²) in [6.07, 6.45) is 6.19. The fraction of sp³-hybridized carbons (Fsp3) is 0.588. The van der Waals surface area contributed by atoms with E-state index >= 15 is 0 Å². The lowest BCUT2D eigenvalue weighted by Crippen LogP contribution is -2.33. The van der Waals surface area contributed by atoms with E-state index in [1.807, 2.05) is 11.0 Å². The number of carbonyl (C=O) groups is 1. The van der Waals surface area contributed by atoms with Crippen LogP contribution in [0.2, 0.25) is 0 Å². The summed E-state index contributed by atoms with van der Waals surface area (Å²) in [5.41, 5.74) is 0.504. The highest BCUT2D eigenvalue weighted by atomic mass is 19.1. The molecule has 114 valence electrons. The van der Waals surface area contributed by atoms with Gasteiger partial charge >= 0.3 is 0 Å². The average Bonchev–Trinajstić information content (AvgIpc) is 3.20. The van der Waals surface area contributed by atoms with Gasteiger partial charge < -0.3 is 4.90 Å². The second-order valence-corrected chi connectivity index (χ2v) is 6.24. The molecule has 1 aromatic rings. The van der Waals surface area contributed by atoms with Crippen molar-refractivity contribution >= 4 is 5.91 Å². The fourth-order valence-corrected chi connectivity index (χ4v) is 3.16. The number of amides is 1. The van der Waals surface area contributed by atoms with Crippen LogP contribution in [-0.4, -0.2) is 22.9 Å². The lowest BCUT2D eigenvalue weighted by molar-refractivity contribution is -0.130. The van der Waals surface area contributed by atoms with Crippen molar-refractivity contribution in [3.63, 3.8) is 0 Å². The highest BCUT2D eigenvalue weighted by Gasteiger charge is 2.59. The molecule has 1 aliphatic heterocycles. The van der Waals surface area contributed by atoms with Crippen molar-refractivity contribution in [2.75, 3.05) is 6.54 Å². The number of unbranched alkanes of at least 4 members (excludes halogenated alkanes) is 3. The summed E-state index contributed by atoms with van der Waals surface area (Å²) in [5.74, 6) is -0.0438. The topological polar surface area (TPSA) is 32.3 Å². The number of benzene rings is 1. The average molecular weight is 290 g/mol. The zero-order chi connectivity index (χ0) is 14.9. The third kappa shape index (κ3) is 2.82. The maximum Gasteiger partial charge on any atom is 0.244 e. The van der Waals surface area contributed by atoms with Crippen LogP contribution in [0.3, 0.4) is 0 Å². The molecule has 1 saturated carbocycles. The zero-order valence-corrected chi connectivity index (χ0v) is 12.6. The molecule has 1 aromatic carbocycles. The molecule has 1 spiro atoms. The van der Waals surface area contributed by atoms with Gasteiger partial charge in [-0.2, -0.15) is 0 Å². The summed E-state index contributed by atoms with van der Waals surface area (Å²) >= 11 is 0. The number of nitrogens with one attached hydrogen (secondary N) is 1. The lowest BCUT2D eigenvalue weighted by atomic mass is 10.1. The minimum atomic E-state index is -0.345. The van der Waals surface area contributed by atoms with E-state index in [1.165, 1.54) is 25.0 Å². The molecule has 1 atom stereocenters. The van der Waals surface area contributed by atoms with Crippen LogP contribution in [0.5, 0.6) is 0 Å². The first kappa shape index (κ1) is 14.5. The van der Waals surface area contributed by atoms with Crippen molar-refractivity contribution in [2.24, 2.45) is 0 Å². The van der Waals surface area contributed by atoms with E-state index in [0.29, 0.717) is 0 Å². The molecule has 0 bridgehead atoms. The third-order valence-corrected chi connectivity index (χ3v) is 4.56. The molecular formula is C17H23FN2O. The molecule has 1 saturated heterocycles. The molecule has 1 heterocycles. The summed E-state index contributed by atoms with van der Waals surface area (Å²) < 4.78 is 13.5. The predicted molar refractivity (Wildman–Crippen MR) is 80.1 cm³/mol. The minimum absolute atomic E-state index is 0.169. The molecule has 1 N–H and O–H groups in total. The van der Waals surface area contributed by atoms with Gasteiger partial charge in [0.2, 0.25) is 5.91 Å². The molecule has 3 rings (SSSR count). The van der Waals surface area contributed by atoms with E-state index < -0.39 is 0 Å². The number of hydrogen-bond acceptors (Lipinski definition) is 2. The van der Waals surface area contributed by atoms with Gasteiger partial charge in [-0.15, -0.1) is 0 Å². The fourth-order valence-electron chi connectivity index (χ4n) is 3.16. The molecule has 1 unspecified atom stereocenters. The predicted octanol–water partition coefficient (Wildman–Crippen LogP) is 3.37. The number of carbonyl (C=O) groups excluding carboxylic acids is 1. The summed E-state index contributed by atoms with van der Waals surface area (Å²) in [7, 11) is 0. The lowest BCUT2D eigenvalue weighted by Gasteiger charge is -2.24. The normalized spacial score (nSPS) is 23.0. The highest BCUT2D eigenvalue weighted by molar-refractivity contribution is 5.92. The Balaban J connectivity index is 1.75. The van der Waals surface area contributed by atoms with Gasteiger partial charge in [-0.1, -0.05) is 38.3 Å². The molecule has 2 aliphatic rings. The van der Waals surface area contributed by atoms with Crippen LogP contribution in [0, 0.1) is 5.82 Å². The second kappa shape index (κ2) is 5.76. The van der Waals surface area contributed by atoms with Gasteiger partial charge in [-0.05, 0) is 37.0 Å². The van der Waals surface area contributed by atoms with Gasteiger partial charge in [-0.25, -0.2) is 4.39 Å². The smallest absolute Gasteiger partial charge is 0.244 e. The Bertz CT molecular complexity index is 527. The Hall–Kier alpha value is -1.42. The van der Waals surface area contributed by atoms with Crippen molar-refractivity contribution in [3.8, 4) is 0 Å². The monoisotopic (exact) mass is 290 g/mol. The van der Waals surface area contributed by atoms with Crippen LogP contribution in [0.1, 0.15) is 57.2 Å². The molecular weight excluding hydrogens is 267 g/mol. The van der Waals surface area contributed by atoms with Gasteiger partial charge in [-0.3, -0.25) is 10.1 Å². The summed E-state index contributed by atoms with van der Waals surface area (Å²) in [6, 6.07) is 6.59. The highest BCUT2D eigenvalue weighted by Crippen LogP contribution is 2.46. The molecule has 1 amide bonds. The number of rotatable bonds is 6. The van der Waals surface area contributed by atoms with Crippen molar-refractivity contribution in [1.29, 1.82) is 0 Å². The third-order valence-electron chi connectivity index (χ3n) is 4.56. The van der Waals surface area contributed by atoms with Crippen molar-refractivity contribution in [2.45, 2.75) is 57.2 Å². The van der Waals surface area contributed by atoms with Crippen LogP contribution < -0.4 is 5.32 Å². The standard InChI is InChI=1S/C17H23FN2O/c1-2-3-4-5-11-20-15(13-7-6-8-14(18)12-13)19-17(9-10-17)16(20)21/h6-8,12,15,19H,2-5,9-11H2,1H3. The van der Waals surface area contributed by atoms with Gasteiger partial charge in [0.25, 0.3) is 0 Å². The Kier molecular flexibility index (Phi) is 3.98. The van der Waals surface area contributed by atoms with Crippen LogP contribution in [0.25, 0.3) is 0 Å². The summed E-state index contributed by atoms with van der Waals surface area (Å²) in [6.45, 7) is 2.94. The van der Waals surface area contributed by atoms with Crippen LogP contribution in [0.15, 0.2) is 24.3 Å². The van der Waals surface area contributed by atoms with E-state index in [-0.39, 0.29) is 23.4 Å². The summed E-state index contributed by atoms with van der Waals surface area (Å²) in [5, 5.41) is 3.44. The Morgan fingerprint density at radius 3 is 2.81 bits per heavy atom. The van der Waals surface area contributed by atoms with Gasteiger partial charge in [0, 0.05) is 6.54 Å².